The van der Waals surface area contributed by atoms with Crippen molar-refractivity contribution in [3.05, 3.63) is 70.5 Å². The number of hydrazone groups is 1. The van der Waals surface area contributed by atoms with E-state index in [4.69, 9.17) is 11.6 Å². The van der Waals surface area contributed by atoms with Crippen LogP contribution >= 0.6 is 11.6 Å². The lowest BCUT2D eigenvalue weighted by Gasteiger charge is -2.14. The number of phenolic OH excluding ortho intramolecular Hbond substituents is 1. The standard InChI is InChI=1S/C21H21ClN6O2/c1-21(2,3)19-11-17(26-27-19)20(30)28-23-12-13-10-14(8-9-18(13)29)24-25-16-7-5-4-6-15(16)22/h4-12,29H,1-3H3,(H,26,27)(H,28,30). The van der Waals surface area contributed by atoms with Crippen molar-refractivity contribution in [3.8, 4) is 5.75 Å². The number of aromatic amines is 1. The molecule has 0 aliphatic carbocycles. The van der Waals surface area contributed by atoms with Gasteiger partial charge in [-0.1, -0.05) is 44.5 Å². The van der Waals surface area contributed by atoms with Crippen molar-refractivity contribution < 1.29 is 9.90 Å². The topological polar surface area (TPSA) is 115 Å². The number of rotatable bonds is 5. The van der Waals surface area contributed by atoms with Gasteiger partial charge in [0, 0.05) is 16.7 Å². The van der Waals surface area contributed by atoms with E-state index in [1.54, 1.807) is 36.4 Å². The Labute approximate surface area is 178 Å². The Bertz CT molecular complexity index is 1110. The minimum absolute atomic E-state index is 0.0144. The summed E-state index contributed by atoms with van der Waals surface area (Å²) in [5, 5.41) is 29.5. The number of amides is 1. The number of H-pyrrole nitrogens is 1. The zero-order chi connectivity index (χ0) is 21.7. The van der Waals surface area contributed by atoms with Crippen LogP contribution in [0, 0.1) is 0 Å². The van der Waals surface area contributed by atoms with E-state index in [9.17, 15) is 9.90 Å². The number of aromatic nitrogens is 2. The van der Waals surface area contributed by atoms with E-state index in [0.717, 1.165) is 5.69 Å². The molecule has 0 radical (unpaired) electrons. The van der Waals surface area contributed by atoms with Gasteiger partial charge < -0.3 is 5.11 Å². The van der Waals surface area contributed by atoms with Crippen molar-refractivity contribution in [1.29, 1.82) is 0 Å². The number of nitrogens with one attached hydrogen (secondary N) is 2. The molecule has 0 atom stereocenters. The van der Waals surface area contributed by atoms with Crippen LogP contribution in [0.3, 0.4) is 0 Å². The molecule has 0 spiro atoms. The van der Waals surface area contributed by atoms with Crippen molar-refractivity contribution in [2.24, 2.45) is 15.3 Å². The number of azo groups is 1. The van der Waals surface area contributed by atoms with Gasteiger partial charge >= 0.3 is 0 Å². The summed E-state index contributed by atoms with van der Waals surface area (Å²) in [6.45, 7) is 6.04. The molecule has 0 saturated heterocycles. The van der Waals surface area contributed by atoms with E-state index >= 15 is 0 Å². The monoisotopic (exact) mass is 424 g/mol. The van der Waals surface area contributed by atoms with Gasteiger partial charge in [-0.15, -0.1) is 5.11 Å². The average molecular weight is 425 g/mol. The molecule has 3 rings (SSSR count). The van der Waals surface area contributed by atoms with Crippen LogP contribution < -0.4 is 5.43 Å². The number of hydrogen-bond donors (Lipinski definition) is 3. The van der Waals surface area contributed by atoms with Gasteiger partial charge in [0.15, 0.2) is 5.69 Å². The smallest absolute Gasteiger partial charge is 0.291 e. The second kappa shape index (κ2) is 8.87. The van der Waals surface area contributed by atoms with Crippen molar-refractivity contribution >= 4 is 35.1 Å². The normalized spacial score (nSPS) is 12.0. The van der Waals surface area contributed by atoms with Crippen LogP contribution in [0.1, 0.15) is 42.5 Å². The zero-order valence-electron chi connectivity index (χ0n) is 16.7. The summed E-state index contributed by atoms with van der Waals surface area (Å²) in [6, 6.07) is 13.4. The van der Waals surface area contributed by atoms with Gasteiger partial charge in [0.1, 0.15) is 11.4 Å². The second-order valence-electron chi connectivity index (χ2n) is 7.51. The molecule has 0 fully saturated rings. The van der Waals surface area contributed by atoms with E-state index < -0.39 is 5.91 Å². The molecule has 0 aliphatic rings. The molecule has 1 amide bonds. The fourth-order valence-electron chi connectivity index (χ4n) is 2.39. The molecule has 0 saturated carbocycles. The Hall–Kier alpha value is -3.52. The number of phenols is 1. The maximum atomic E-state index is 12.2. The molecule has 30 heavy (non-hydrogen) atoms. The van der Waals surface area contributed by atoms with Gasteiger partial charge in [-0.3, -0.25) is 9.89 Å². The Kier molecular flexibility index (Phi) is 6.27. The Morgan fingerprint density at radius 3 is 2.63 bits per heavy atom. The van der Waals surface area contributed by atoms with Crippen molar-refractivity contribution in [1.82, 2.24) is 15.6 Å². The first kappa shape index (κ1) is 21.2. The maximum Gasteiger partial charge on any atom is 0.291 e. The molecule has 0 unspecified atom stereocenters. The average Bonchev–Trinajstić information content (AvgIpc) is 3.20. The highest BCUT2D eigenvalue weighted by Crippen LogP contribution is 2.28. The number of aromatic hydroxyl groups is 1. The van der Waals surface area contributed by atoms with Gasteiger partial charge in [-0.25, -0.2) is 5.43 Å². The van der Waals surface area contributed by atoms with E-state index in [-0.39, 0.29) is 16.9 Å². The third-order valence-corrected chi connectivity index (χ3v) is 4.44. The first-order valence-electron chi connectivity index (χ1n) is 9.12. The molecule has 0 aliphatic heterocycles. The van der Waals surface area contributed by atoms with Crippen LogP contribution in [0.15, 0.2) is 63.9 Å². The molecule has 1 heterocycles. The molecule has 9 heteroatoms. The highest BCUT2D eigenvalue weighted by Gasteiger charge is 2.19. The minimum atomic E-state index is -0.466. The molecular weight excluding hydrogens is 404 g/mol. The Morgan fingerprint density at radius 2 is 1.93 bits per heavy atom. The number of hydrogen-bond acceptors (Lipinski definition) is 6. The highest BCUT2D eigenvalue weighted by atomic mass is 35.5. The van der Waals surface area contributed by atoms with Gasteiger partial charge in [0.25, 0.3) is 5.91 Å². The molecule has 1 aromatic heterocycles. The lowest BCUT2D eigenvalue weighted by Crippen LogP contribution is -2.18. The maximum absolute atomic E-state index is 12.2. The van der Waals surface area contributed by atoms with Gasteiger partial charge in [-0.05, 0) is 36.4 Å². The lowest BCUT2D eigenvalue weighted by atomic mass is 9.92. The predicted molar refractivity (Wildman–Crippen MR) is 116 cm³/mol. The van der Waals surface area contributed by atoms with E-state index in [1.165, 1.54) is 12.3 Å². The Balaban J connectivity index is 1.69. The summed E-state index contributed by atoms with van der Waals surface area (Å²) in [5.41, 5.74) is 4.68. The molecule has 2 aromatic carbocycles. The van der Waals surface area contributed by atoms with Crippen molar-refractivity contribution in [2.45, 2.75) is 26.2 Å². The third-order valence-electron chi connectivity index (χ3n) is 4.13. The molecule has 0 bridgehead atoms. The molecule has 154 valence electrons. The van der Waals surface area contributed by atoms with Crippen molar-refractivity contribution in [2.75, 3.05) is 0 Å². The predicted octanol–water partition coefficient (Wildman–Crippen LogP) is 5.25. The van der Waals surface area contributed by atoms with Crippen molar-refractivity contribution in [3.63, 3.8) is 0 Å². The summed E-state index contributed by atoms with van der Waals surface area (Å²) in [7, 11) is 0. The SMILES string of the molecule is CC(C)(C)c1cc(C(=O)NN=Cc2cc(N=Nc3ccccc3Cl)ccc2O)n[nH]1. The lowest BCUT2D eigenvalue weighted by molar-refractivity contribution is 0.0950. The van der Waals surface area contributed by atoms with Gasteiger partial charge in [-0.2, -0.15) is 15.3 Å². The van der Waals surface area contributed by atoms with Crippen LogP contribution in [0.2, 0.25) is 5.02 Å². The molecule has 3 aromatic rings. The van der Waals surface area contributed by atoms with Gasteiger partial charge in [0.05, 0.1) is 16.9 Å². The summed E-state index contributed by atoms with van der Waals surface area (Å²) in [6.07, 6.45) is 1.32. The van der Waals surface area contributed by atoms with E-state index in [2.05, 4.69) is 31.0 Å². The molecule has 3 N–H and O–H groups in total. The van der Waals surface area contributed by atoms with Crippen LogP contribution in [0.4, 0.5) is 11.4 Å². The first-order valence-corrected chi connectivity index (χ1v) is 9.50. The number of nitrogens with zero attached hydrogens (tertiary/aromatic N) is 4. The summed E-state index contributed by atoms with van der Waals surface area (Å²) in [5.74, 6) is -0.480. The number of halogens is 1. The minimum Gasteiger partial charge on any atom is -0.507 e. The third kappa shape index (κ3) is 5.30. The van der Waals surface area contributed by atoms with Crippen LogP contribution in [0.25, 0.3) is 0 Å². The van der Waals surface area contributed by atoms with Crippen LogP contribution in [-0.4, -0.2) is 27.4 Å². The van der Waals surface area contributed by atoms with E-state index in [0.29, 0.717) is 22.0 Å². The largest absolute Gasteiger partial charge is 0.507 e. The zero-order valence-corrected chi connectivity index (χ0v) is 17.5. The fourth-order valence-corrected chi connectivity index (χ4v) is 2.57. The molecular formula is C21H21ClN6O2. The van der Waals surface area contributed by atoms with Gasteiger partial charge in [0.2, 0.25) is 0 Å². The van der Waals surface area contributed by atoms with E-state index in [1.807, 2.05) is 26.8 Å². The number of carbonyl (C=O) groups is 1. The summed E-state index contributed by atoms with van der Waals surface area (Å²) in [4.78, 5) is 12.2. The summed E-state index contributed by atoms with van der Waals surface area (Å²) < 4.78 is 0. The fraction of sp³-hybridized carbons (Fsp3) is 0.190. The Morgan fingerprint density at radius 1 is 1.17 bits per heavy atom. The van der Waals surface area contributed by atoms with Crippen LogP contribution in [0.5, 0.6) is 5.75 Å². The molecule has 8 nitrogen and oxygen atoms in total. The summed E-state index contributed by atoms with van der Waals surface area (Å²) >= 11 is 6.06. The highest BCUT2D eigenvalue weighted by molar-refractivity contribution is 6.32. The number of carbonyl (C=O) groups excluding carboxylic acids is 1. The first-order chi connectivity index (χ1) is 14.2. The van der Waals surface area contributed by atoms with Crippen LogP contribution in [-0.2, 0) is 5.41 Å². The second-order valence-corrected chi connectivity index (χ2v) is 7.92. The quantitative estimate of drug-likeness (QED) is 0.295. The number of benzene rings is 2.